The molecule has 1 rings (SSSR count). The number of ether oxygens (including phenoxy) is 1. The number of nitrogens with zero attached hydrogens (tertiary/aromatic N) is 2. The summed E-state index contributed by atoms with van der Waals surface area (Å²) >= 11 is 0. The lowest BCUT2D eigenvalue weighted by molar-refractivity contribution is -0.526. The van der Waals surface area contributed by atoms with Gasteiger partial charge in [0.05, 0.1) is 18.8 Å². The summed E-state index contributed by atoms with van der Waals surface area (Å²) in [5.74, 6) is -0.210. The average molecular weight is 244 g/mol. The Morgan fingerprint density at radius 1 is 1.59 bits per heavy atom. The Kier molecular flexibility index (Phi) is 3.92. The summed E-state index contributed by atoms with van der Waals surface area (Å²) in [6.45, 7) is 6.79. The number of nitro groups is 1. The lowest BCUT2D eigenvalue weighted by Crippen LogP contribution is -2.46. The van der Waals surface area contributed by atoms with E-state index in [4.69, 9.17) is 10.1 Å². The molecule has 0 bridgehead atoms. The molecule has 7 heteroatoms. The third kappa shape index (κ3) is 3.55. The van der Waals surface area contributed by atoms with Crippen LogP contribution >= 0.6 is 0 Å². The molecule has 0 spiro atoms. The molecule has 0 aromatic rings. The number of nitrogens with one attached hydrogen (secondary N) is 2. The average Bonchev–Trinajstić information content (AvgIpc) is 2.63. The van der Waals surface area contributed by atoms with Crippen molar-refractivity contribution in [2.24, 2.45) is 5.41 Å². The van der Waals surface area contributed by atoms with E-state index in [1.54, 1.807) is 11.9 Å². The first-order valence-corrected chi connectivity index (χ1v) is 5.56. The molecule has 0 aliphatic carbocycles. The van der Waals surface area contributed by atoms with E-state index in [1.165, 1.54) is 0 Å². The van der Waals surface area contributed by atoms with Crippen molar-refractivity contribution in [1.82, 2.24) is 10.3 Å². The van der Waals surface area contributed by atoms with Gasteiger partial charge in [0.2, 0.25) is 0 Å². The number of guanidine groups is 1. The molecule has 2 N–H and O–H groups in total. The highest BCUT2D eigenvalue weighted by atomic mass is 16.7. The highest BCUT2D eigenvalue weighted by molar-refractivity contribution is 5.75. The van der Waals surface area contributed by atoms with E-state index in [0.29, 0.717) is 6.61 Å². The van der Waals surface area contributed by atoms with Gasteiger partial charge in [-0.1, -0.05) is 26.2 Å². The summed E-state index contributed by atoms with van der Waals surface area (Å²) in [5, 5.41) is 17.1. The van der Waals surface area contributed by atoms with Gasteiger partial charge in [-0.2, -0.15) is 0 Å². The highest BCUT2D eigenvalue weighted by Crippen LogP contribution is 2.31. The van der Waals surface area contributed by atoms with Gasteiger partial charge in [0, 0.05) is 7.05 Å². The molecular weight excluding hydrogens is 224 g/mol. The SMILES string of the molecule is CN(C(=N)N[N+](=O)[O-])C1COC(C(C)(C)C)C1. The molecule has 17 heavy (non-hydrogen) atoms. The maximum Gasteiger partial charge on any atom is 0.254 e. The quantitative estimate of drug-likeness (QED) is 0.325. The minimum absolute atomic E-state index is 0.0131. The first kappa shape index (κ1) is 13.7. The van der Waals surface area contributed by atoms with Gasteiger partial charge >= 0.3 is 0 Å². The van der Waals surface area contributed by atoms with Crippen molar-refractivity contribution in [3.05, 3.63) is 10.1 Å². The first-order valence-electron chi connectivity index (χ1n) is 5.56. The van der Waals surface area contributed by atoms with Crippen LogP contribution in [-0.4, -0.2) is 41.7 Å². The Morgan fingerprint density at radius 3 is 2.59 bits per heavy atom. The van der Waals surface area contributed by atoms with Crippen LogP contribution in [-0.2, 0) is 4.74 Å². The molecule has 0 amide bonds. The predicted molar refractivity (Wildman–Crippen MR) is 63.2 cm³/mol. The molecule has 0 aromatic carbocycles. The second-order valence-corrected chi connectivity index (χ2v) is 5.41. The minimum Gasteiger partial charge on any atom is -0.375 e. The van der Waals surface area contributed by atoms with Crippen LogP contribution in [0.3, 0.4) is 0 Å². The molecule has 7 nitrogen and oxygen atoms in total. The molecule has 0 radical (unpaired) electrons. The molecule has 1 aliphatic rings. The number of hydrogen-bond donors (Lipinski definition) is 2. The fourth-order valence-corrected chi connectivity index (χ4v) is 1.83. The van der Waals surface area contributed by atoms with E-state index in [0.717, 1.165) is 6.42 Å². The first-order chi connectivity index (χ1) is 7.71. The topological polar surface area (TPSA) is 91.5 Å². The molecule has 2 unspecified atom stereocenters. The standard InChI is InChI=1S/C10H20N4O3/c1-10(2,3)8-5-7(6-17-8)13(4)9(11)12-14(15)16/h7-8H,5-6H2,1-4H3,(H2,11,12). The normalized spacial score (nSPS) is 24.5. The highest BCUT2D eigenvalue weighted by Gasteiger charge is 2.36. The summed E-state index contributed by atoms with van der Waals surface area (Å²) in [6, 6.07) is 0.0131. The third-order valence-electron chi connectivity index (χ3n) is 3.04. The maximum absolute atomic E-state index is 10.2. The van der Waals surface area contributed by atoms with E-state index in [2.05, 4.69) is 20.8 Å². The van der Waals surface area contributed by atoms with E-state index in [1.807, 2.05) is 5.43 Å². The van der Waals surface area contributed by atoms with Gasteiger partial charge in [0.1, 0.15) is 0 Å². The number of likely N-dealkylation sites (N-methyl/N-ethyl adjacent to an activating group) is 1. The van der Waals surface area contributed by atoms with Gasteiger partial charge in [-0.15, -0.1) is 0 Å². The molecule has 0 saturated carbocycles. The lowest BCUT2D eigenvalue weighted by Gasteiger charge is -2.27. The van der Waals surface area contributed by atoms with Crippen LogP contribution in [0.5, 0.6) is 0 Å². The van der Waals surface area contributed by atoms with E-state index >= 15 is 0 Å². The molecule has 2 atom stereocenters. The Balaban J connectivity index is 2.53. The maximum atomic E-state index is 10.2. The van der Waals surface area contributed by atoms with Crippen LogP contribution in [0.4, 0.5) is 0 Å². The lowest BCUT2D eigenvalue weighted by atomic mass is 9.87. The fraction of sp³-hybridized carbons (Fsp3) is 0.900. The van der Waals surface area contributed by atoms with Crippen LogP contribution in [0.1, 0.15) is 27.2 Å². The van der Waals surface area contributed by atoms with Crippen LogP contribution < -0.4 is 5.43 Å². The Bertz CT molecular complexity index is 313. The fourth-order valence-electron chi connectivity index (χ4n) is 1.83. The van der Waals surface area contributed by atoms with Crippen LogP contribution in [0.15, 0.2) is 0 Å². The summed E-state index contributed by atoms with van der Waals surface area (Å²) in [5.41, 5.74) is 1.90. The Hall–Kier alpha value is -1.37. The van der Waals surface area contributed by atoms with Gasteiger partial charge < -0.3 is 9.64 Å². The third-order valence-corrected chi connectivity index (χ3v) is 3.04. The zero-order valence-electron chi connectivity index (χ0n) is 10.7. The largest absolute Gasteiger partial charge is 0.375 e. The van der Waals surface area contributed by atoms with Crippen molar-refractivity contribution in [3.8, 4) is 0 Å². The van der Waals surface area contributed by atoms with E-state index < -0.39 is 5.03 Å². The summed E-state index contributed by atoms with van der Waals surface area (Å²) < 4.78 is 5.67. The van der Waals surface area contributed by atoms with Gasteiger partial charge in [-0.05, 0) is 11.8 Å². The monoisotopic (exact) mass is 244 g/mol. The van der Waals surface area contributed by atoms with Crippen LogP contribution in [0.25, 0.3) is 0 Å². The number of rotatable bonds is 2. The van der Waals surface area contributed by atoms with Crippen molar-refractivity contribution < 1.29 is 9.77 Å². The van der Waals surface area contributed by atoms with Crippen molar-refractivity contribution in [2.75, 3.05) is 13.7 Å². The van der Waals surface area contributed by atoms with Crippen molar-refractivity contribution in [1.29, 1.82) is 5.41 Å². The second kappa shape index (κ2) is 4.87. The van der Waals surface area contributed by atoms with Crippen molar-refractivity contribution in [2.45, 2.75) is 39.3 Å². The van der Waals surface area contributed by atoms with Gasteiger partial charge in [-0.3, -0.25) is 5.41 Å². The second-order valence-electron chi connectivity index (χ2n) is 5.41. The Labute approximate surface area is 101 Å². The molecule has 1 heterocycles. The van der Waals surface area contributed by atoms with Gasteiger partial charge in [-0.25, -0.2) is 10.1 Å². The van der Waals surface area contributed by atoms with E-state index in [-0.39, 0.29) is 23.5 Å². The number of hydrogen-bond acceptors (Lipinski definition) is 4. The summed E-state index contributed by atoms with van der Waals surface area (Å²) in [7, 11) is 1.66. The van der Waals surface area contributed by atoms with Gasteiger partial charge in [0.25, 0.3) is 5.96 Å². The van der Waals surface area contributed by atoms with Gasteiger partial charge in [0.15, 0.2) is 5.03 Å². The minimum atomic E-state index is -0.726. The zero-order valence-corrected chi connectivity index (χ0v) is 10.7. The smallest absolute Gasteiger partial charge is 0.254 e. The number of hydrazine groups is 1. The van der Waals surface area contributed by atoms with Crippen molar-refractivity contribution >= 4 is 5.96 Å². The molecule has 1 aliphatic heterocycles. The summed E-state index contributed by atoms with van der Waals surface area (Å²) in [6.07, 6.45) is 0.903. The predicted octanol–water partition coefficient (Wildman–Crippen LogP) is 0.838. The molecule has 1 saturated heterocycles. The van der Waals surface area contributed by atoms with Crippen LogP contribution in [0, 0.1) is 20.9 Å². The molecule has 0 aromatic heterocycles. The zero-order chi connectivity index (χ0) is 13.2. The molecular formula is C10H20N4O3. The molecule has 98 valence electrons. The summed E-state index contributed by atoms with van der Waals surface area (Å²) in [4.78, 5) is 11.8. The van der Waals surface area contributed by atoms with Crippen molar-refractivity contribution in [3.63, 3.8) is 0 Å². The van der Waals surface area contributed by atoms with E-state index in [9.17, 15) is 10.1 Å². The molecule has 1 fully saturated rings. The Morgan fingerprint density at radius 2 is 2.18 bits per heavy atom. The van der Waals surface area contributed by atoms with Crippen LogP contribution in [0.2, 0.25) is 0 Å².